The van der Waals surface area contributed by atoms with E-state index in [1.165, 1.54) is 0 Å². The molecule has 0 radical (unpaired) electrons. The topological polar surface area (TPSA) is 64.0 Å². The van der Waals surface area contributed by atoms with Crippen LogP contribution in [0.25, 0.3) is 10.9 Å². The number of carbonyl (C=O) groups is 1. The van der Waals surface area contributed by atoms with Gasteiger partial charge in [-0.1, -0.05) is 18.2 Å². The lowest BCUT2D eigenvalue weighted by Crippen LogP contribution is -2.28. The van der Waals surface area contributed by atoms with Gasteiger partial charge in [-0.25, -0.2) is 9.37 Å². The van der Waals surface area contributed by atoms with Crippen LogP contribution in [0.5, 0.6) is 0 Å². The van der Waals surface area contributed by atoms with E-state index in [9.17, 15) is 27.2 Å². The fourth-order valence-corrected chi connectivity index (χ4v) is 3.55. The molecule has 0 saturated heterocycles. The summed E-state index contributed by atoms with van der Waals surface area (Å²) in [6, 6.07) is 9.38. The maximum absolute atomic E-state index is 13.2. The van der Waals surface area contributed by atoms with Gasteiger partial charge in [0.25, 0.3) is 5.56 Å². The highest BCUT2D eigenvalue weighted by molar-refractivity contribution is 5.78. The Balaban J connectivity index is 1.47. The van der Waals surface area contributed by atoms with E-state index < -0.39 is 23.5 Å². The molecule has 9 heteroatoms. The number of halogens is 4. The molecule has 0 aliphatic heterocycles. The number of hydrogen-bond donors (Lipinski definition) is 1. The predicted molar refractivity (Wildman–Crippen MR) is 106 cm³/mol. The highest BCUT2D eigenvalue weighted by Gasteiger charge is 2.34. The summed E-state index contributed by atoms with van der Waals surface area (Å²) >= 11 is 0. The Morgan fingerprint density at radius 2 is 1.90 bits per heavy atom. The lowest BCUT2D eigenvalue weighted by atomic mass is 10.1. The molecule has 0 bridgehead atoms. The summed E-state index contributed by atoms with van der Waals surface area (Å²) in [5.41, 5.74) is -0.946. The van der Waals surface area contributed by atoms with E-state index in [4.69, 9.17) is 0 Å². The number of fused-ring (bicyclic) bond motifs is 1. The highest BCUT2D eigenvalue weighted by atomic mass is 19.4. The minimum Gasteiger partial charge on any atom is -0.352 e. The van der Waals surface area contributed by atoms with Crippen molar-refractivity contribution in [2.75, 3.05) is 0 Å². The van der Waals surface area contributed by atoms with E-state index in [0.717, 1.165) is 25.0 Å². The van der Waals surface area contributed by atoms with Crippen LogP contribution in [0.15, 0.2) is 47.3 Å². The zero-order valence-electron chi connectivity index (χ0n) is 16.4. The van der Waals surface area contributed by atoms with Crippen molar-refractivity contribution in [3.63, 3.8) is 0 Å². The lowest BCUT2D eigenvalue weighted by molar-refractivity contribution is -0.138. The van der Waals surface area contributed by atoms with Crippen molar-refractivity contribution in [1.29, 1.82) is 0 Å². The molecule has 1 heterocycles. The highest BCUT2D eigenvalue weighted by Crippen LogP contribution is 2.35. The normalized spacial score (nSPS) is 14.1. The number of aromatic nitrogens is 2. The molecule has 1 N–H and O–H groups in total. The van der Waals surface area contributed by atoms with Gasteiger partial charge in [0.1, 0.15) is 11.6 Å². The third kappa shape index (κ3) is 4.60. The molecule has 1 amide bonds. The third-order valence-corrected chi connectivity index (χ3v) is 5.22. The van der Waals surface area contributed by atoms with Crippen LogP contribution in [0.4, 0.5) is 17.6 Å². The lowest BCUT2D eigenvalue weighted by Gasteiger charge is -2.14. The molecule has 1 saturated carbocycles. The SMILES string of the molecule is O=C(CCc1nc2ccccc2c(=O)n1C1CC1)NCc1ccc(F)cc1C(F)(F)F. The Kier molecular flexibility index (Phi) is 5.51. The number of benzene rings is 2. The van der Waals surface area contributed by atoms with Crippen LogP contribution in [-0.2, 0) is 23.9 Å². The van der Waals surface area contributed by atoms with Gasteiger partial charge in [0, 0.05) is 25.4 Å². The first-order chi connectivity index (χ1) is 14.7. The summed E-state index contributed by atoms with van der Waals surface area (Å²) in [5.74, 6) is -0.996. The molecule has 0 atom stereocenters. The number of rotatable bonds is 6. The number of hydrogen-bond acceptors (Lipinski definition) is 3. The molecule has 1 aliphatic carbocycles. The van der Waals surface area contributed by atoms with Gasteiger partial charge >= 0.3 is 6.18 Å². The number of amides is 1. The van der Waals surface area contributed by atoms with Gasteiger partial charge in [-0.15, -0.1) is 0 Å². The van der Waals surface area contributed by atoms with Crippen molar-refractivity contribution in [3.8, 4) is 0 Å². The van der Waals surface area contributed by atoms with Crippen LogP contribution in [0.3, 0.4) is 0 Å². The number of carbonyl (C=O) groups excluding carboxylic acids is 1. The average Bonchev–Trinajstić information content (AvgIpc) is 3.55. The van der Waals surface area contributed by atoms with Gasteiger partial charge in [0.05, 0.1) is 16.5 Å². The second kappa shape index (κ2) is 8.13. The quantitative estimate of drug-likeness (QED) is 0.595. The first-order valence-corrected chi connectivity index (χ1v) is 9.86. The van der Waals surface area contributed by atoms with Gasteiger partial charge in [0.2, 0.25) is 5.91 Å². The summed E-state index contributed by atoms with van der Waals surface area (Å²) in [4.78, 5) is 29.6. The first kappa shape index (κ1) is 21.0. The van der Waals surface area contributed by atoms with Crippen LogP contribution in [0, 0.1) is 5.82 Å². The maximum atomic E-state index is 13.2. The molecule has 5 nitrogen and oxygen atoms in total. The zero-order chi connectivity index (χ0) is 22.2. The molecule has 4 rings (SSSR count). The van der Waals surface area contributed by atoms with Crippen LogP contribution < -0.4 is 10.9 Å². The van der Waals surface area contributed by atoms with E-state index in [-0.39, 0.29) is 36.6 Å². The Hall–Kier alpha value is -3.23. The van der Waals surface area contributed by atoms with Crippen LogP contribution in [0.2, 0.25) is 0 Å². The van der Waals surface area contributed by atoms with Crippen molar-refractivity contribution in [2.45, 2.75) is 44.4 Å². The van der Waals surface area contributed by atoms with Gasteiger partial charge < -0.3 is 5.32 Å². The molecule has 162 valence electrons. The Labute approximate surface area is 174 Å². The Morgan fingerprint density at radius 3 is 2.61 bits per heavy atom. The van der Waals surface area contributed by atoms with Crippen molar-refractivity contribution >= 4 is 16.8 Å². The standard InChI is InChI=1S/C22H19F4N3O2/c23-14-6-5-13(17(11-14)22(24,25)26)12-27-20(30)10-9-19-28-18-4-2-1-3-16(18)21(31)29(19)15-7-8-15/h1-6,11,15H,7-10,12H2,(H,27,30). The van der Waals surface area contributed by atoms with E-state index in [0.29, 0.717) is 22.8 Å². The molecule has 31 heavy (non-hydrogen) atoms. The average molecular weight is 433 g/mol. The Morgan fingerprint density at radius 1 is 1.16 bits per heavy atom. The zero-order valence-corrected chi connectivity index (χ0v) is 16.4. The van der Waals surface area contributed by atoms with Crippen LogP contribution in [-0.4, -0.2) is 15.5 Å². The van der Waals surface area contributed by atoms with Gasteiger partial charge in [-0.2, -0.15) is 13.2 Å². The molecule has 0 spiro atoms. The van der Waals surface area contributed by atoms with Crippen molar-refractivity contribution in [3.05, 3.63) is 75.6 Å². The minimum absolute atomic E-state index is 0.0416. The fourth-order valence-electron chi connectivity index (χ4n) is 3.55. The number of nitrogens with zero attached hydrogens (tertiary/aromatic N) is 2. The molecule has 1 aromatic heterocycles. The monoisotopic (exact) mass is 433 g/mol. The second-order valence-electron chi connectivity index (χ2n) is 7.53. The second-order valence-corrected chi connectivity index (χ2v) is 7.53. The van der Waals surface area contributed by atoms with Crippen LogP contribution >= 0.6 is 0 Å². The number of nitrogens with one attached hydrogen (secondary N) is 1. The molecule has 3 aromatic rings. The summed E-state index contributed by atoms with van der Waals surface area (Å²) in [6.45, 7) is -0.380. The summed E-state index contributed by atoms with van der Waals surface area (Å²) in [7, 11) is 0. The fraction of sp³-hybridized carbons (Fsp3) is 0.318. The van der Waals surface area contributed by atoms with Gasteiger partial charge in [0.15, 0.2) is 0 Å². The third-order valence-electron chi connectivity index (χ3n) is 5.22. The smallest absolute Gasteiger partial charge is 0.352 e. The largest absolute Gasteiger partial charge is 0.416 e. The van der Waals surface area contributed by atoms with Gasteiger partial charge in [-0.3, -0.25) is 14.2 Å². The summed E-state index contributed by atoms with van der Waals surface area (Å²) in [6.07, 6.45) is -2.86. The summed E-state index contributed by atoms with van der Waals surface area (Å²) in [5, 5.41) is 2.95. The maximum Gasteiger partial charge on any atom is 0.416 e. The molecule has 1 aliphatic rings. The first-order valence-electron chi connectivity index (χ1n) is 9.86. The summed E-state index contributed by atoms with van der Waals surface area (Å²) < 4.78 is 54.1. The van der Waals surface area contributed by atoms with E-state index in [1.807, 2.05) is 0 Å². The molecule has 1 fully saturated rings. The van der Waals surface area contributed by atoms with E-state index >= 15 is 0 Å². The molecule has 2 aromatic carbocycles. The Bertz CT molecular complexity index is 1200. The number of alkyl halides is 3. The molecular weight excluding hydrogens is 414 g/mol. The van der Waals surface area contributed by atoms with Crippen molar-refractivity contribution < 1.29 is 22.4 Å². The van der Waals surface area contributed by atoms with Crippen molar-refractivity contribution in [2.24, 2.45) is 0 Å². The van der Waals surface area contributed by atoms with Gasteiger partial charge in [-0.05, 0) is 42.7 Å². The van der Waals surface area contributed by atoms with E-state index in [2.05, 4.69) is 10.3 Å². The van der Waals surface area contributed by atoms with Crippen molar-refractivity contribution in [1.82, 2.24) is 14.9 Å². The number of aryl methyl sites for hydroxylation is 1. The molecular formula is C22H19F4N3O2. The predicted octanol–water partition coefficient (Wildman–Crippen LogP) is 4.14. The molecule has 0 unspecified atom stereocenters. The van der Waals surface area contributed by atoms with E-state index in [1.54, 1.807) is 28.8 Å². The number of para-hydroxylation sites is 1. The van der Waals surface area contributed by atoms with Crippen LogP contribution in [0.1, 0.15) is 42.3 Å². The minimum atomic E-state index is -4.72.